The molecule has 1 aliphatic rings. The molecule has 1 saturated heterocycles. The third kappa shape index (κ3) is 3.35. The van der Waals surface area contributed by atoms with Crippen LogP contribution in [0.1, 0.15) is 37.7 Å². The quantitative estimate of drug-likeness (QED) is 0.749. The maximum absolute atomic E-state index is 5.79. The molecule has 0 unspecified atom stereocenters. The largest absolute Gasteiger partial charge is 0.463 e. The van der Waals surface area contributed by atoms with Crippen LogP contribution in [0.5, 0.6) is 0 Å². The van der Waals surface area contributed by atoms with Crippen molar-refractivity contribution >= 4 is 0 Å². The number of nitrogens with one attached hydrogen (secondary N) is 1. The Balaban J connectivity index is 1.77. The second-order valence-electron chi connectivity index (χ2n) is 4.53. The highest BCUT2D eigenvalue weighted by atomic mass is 16.3. The van der Waals surface area contributed by atoms with Gasteiger partial charge in [-0.25, -0.2) is 0 Å². The number of nitrogens with zero attached hydrogens (tertiary/aromatic N) is 1. The van der Waals surface area contributed by atoms with Gasteiger partial charge in [0.1, 0.15) is 11.5 Å². The van der Waals surface area contributed by atoms with E-state index < -0.39 is 0 Å². The van der Waals surface area contributed by atoms with Crippen LogP contribution >= 0.6 is 0 Å². The second-order valence-corrected chi connectivity index (χ2v) is 4.53. The molecule has 1 aromatic heterocycles. The minimum absolute atomic E-state index is 0.855. The Hall–Kier alpha value is -0.800. The molecule has 0 aromatic carbocycles. The lowest BCUT2D eigenvalue weighted by Gasteiger charge is -2.11. The van der Waals surface area contributed by atoms with Crippen molar-refractivity contribution in [3.05, 3.63) is 23.7 Å². The maximum atomic E-state index is 5.79. The van der Waals surface area contributed by atoms with Crippen LogP contribution in [0, 0.1) is 0 Å². The van der Waals surface area contributed by atoms with Crippen LogP contribution in [-0.2, 0) is 13.1 Å². The zero-order chi connectivity index (χ0) is 11.2. The predicted octanol–water partition coefficient (Wildman–Crippen LogP) is 2.38. The van der Waals surface area contributed by atoms with Gasteiger partial charge in [-0.05, 0) is 51.0 Å². The van der Waals surface area contributed by atoms with E-state index in [9.17, 15) is 0 Å². The Bertz CT molecular complexity index is 303. The predicted molar refractivity (Wildman–Crippen MR) is 65.2 cm³/mol. The number of hydrogen-bond donors (Lipinski definition) is 1. The van der Waals surface area contributed by atoms with Crippen LogP contribution in [0.3, 0.4) is 0 Å². The Morgan fingerprint density at radius 2 is 2.00 bits per heavy atom. The van der Waals surface area contributed by atoms with Crippen molar-refractivity contribution < 1.29 is 4.42 Å². The molecule has 16 heavy (non-hydrogen) atoms. The summed E-state index contributed by atoms with van der Waals surface area (Å²) in [7, 11) is 0. The monoisotopic (exact) mass is 222 g/mol. The van der Waals surface area contributed by atoms with Gasteiger partial charge in [-0.15, -0.1) is 0 Å². The summed E-state index contributed by atoms with van der Waals surface area (Å²) in [6, 6.07) is 4.20. The van der Waals surface area contributed by atoms with Crippen molar-refractivity contribution in [2.75, 3.05) is 19.6 Å². The molecule has 0 aliphatic carbocycles. The molecule has 3 nitrogen and oxygen atoms in total. The molecule has 0 spiro atoms. The first-order valence-electron chi connectivity index (χ1n) is 6.39. The lowest BCUT2D eigenvalue weighted by Crippen LogP contribution is -2.17. The fourth-order valence-corrected chi connectivity index (χ4v) is 2.15. The van der Waals surface area contributed by atoms with Gasteiger partial charge in [0.2, 0.25) is 0 Å². The van der Waals surface area contributed by atoms with E-state index in [-0.39, 0.29) is 0 Å². The van der Waals surface area contributed by atoms with E-state index in [1.54, 1.807) is 0 Å². The van der Waals surface area contributed by atoms with E-state index >= 15 is 0 Å². The summed E-state index contributed by atoms with van der Waals surface area (Å²) in [5.41, 5.74) is 0. The Morgan fingerprint density at radius 1 is 1.25 bits per heavy atom. The Kier molecular flexibility index (Phi) is 4.43. The highest BCUT2D eigenvalue weighted by Crippen LogP contribution is 2.14. The van der Waals surface area contributed by atoms with Gasteiger partial charge in [0, 0.05) is 0 Å². The van der Waals surface area contributed by atoms with Crippen molar-refractivity contribution in [1.82, 2.24) is 10.2 Å². The fraction of sp³-hybridized carbons (Fsp3) is 0.692. The van der Waals surface area contributed by atoms with Gasteiger partial charge >= 0.3 is 0 Å². The molecule has 1 aliphatic heterocycles. The van der Waals surface area contributed by atoms with Gasteiger partial charge in [-0.1, -0.05) is 6.92 Å². The SMILES string of the molecule is CCCNCc1ccc(CN2CCCC2)o1. The van der Waals surface area contributed by atoms with Crippen LogP contribution in [-0.4, -0.2) is 24.5 Å². The molecule has 90 valence electrons. The normalized spacial score (nSPS) is 17.1. The first-order chi connectivity index (χ1) is 7.88. The van der Waals surface area contributed by atoms with Gasteiger partial charge in [-0.2, -0.15) is 0 Å². The lowest BCUT2D eigenvalue weighted by molar-refractivity contribution is 0.291. The highest BCUT2D eigenvalue weighted by Gasteiger charge is 2.13. The molecule has 1 aromatic rings. The minimum atomic E-state index is 0.855. The van der Waals surface area contributed by atoms with Gasteiger partial charge in [0.15, 0.2) is 0 Å². The molecule has 0 bridgehead atoms. The molecule has 1 N–H and O–H groups in total. The summed E-state index contributed by atoms with van der Waals surface area (Å²) in [5.74, 6) is 2.16. The van der Waals surface area contributed by atoms with E-state index in [2.05, 4.69) is 29.3 Å². The molecule has 2 heterocycles. The van der Waals surface area contributed by atoms with Gasteiger partial charge < -0.3 is 9.73 Å². The van der Waals surface area contributed by atoms with Crippen molar-refractivity contribution in [2.45, 2.75) is 39.3 Å². The number of furan rings is 1. The molecule has 2 rings (SSSR count). The third-order valence-corrected chi connectivity index (χ3v) is 3.02. The van der Waals surface area contributed by atoms with Crippen molar-refractivity contribution in [3.8, 4) is 0 Å². The fourth-order valence-electron chi connectivity index (χ4n) is 2.15. The zero-order valence-electron chi connectivity index (χ0n) is 10.2. The molecule has 0 saturated carbocycles. The van der Waals surface area contributed by atoms with E-state index in [1.165, 1.54) is 32.4 Å². The molecular formula is C13H22N2O. The summed E-state index contributed by atoms with van der Waals surface area (Å²) in [5, 5.41) is 3.35. The summed E-state index contributed by atoms with van der Waals surface area (Å²) in [6.45, 7) is 7.52. The van der Waals surface area contributed by atoms with E-state index in [0.717, 1.165) is 31.2 Å². The third-order valence-electron chi connectivity index (χ3n) is 3.02. The van der Waals surface area contributed by atoms with E-state index in [4.69, 9.17) is 4.42 Å². The average Bonchev–Trinajstić information content (AvgIpc) is 2.91. The molecular weight excluding hydrogens is 200 g/mol. The van der Waals surface area contributed by atoms with Crippen LogP contribution in [0.25, 0.3) is 0 Å². The van der Waals surface area contributed by atoms with Gasteiger partial charge in [0.05, 0.1) is 13.1 Å². The first kappa shape index (κ1) is 11.7. The summed E-state index contributed by atoms with van der Waals surface area (Å²) in [6.07, 6.45) is 3.85. The number of hydrogen-bond acceptors (Lipinski definition) is 3. The molecule has 0 amide bonds. The maximum Gasteiger partial charge on any atom is 0.118 e. The van der Waals surface area contributed by atoms with Crippen LogP contribution in [0.2, 0.25) is 0 Å². The molecule has 3 heteroatoms. The standard InChI is InChI=1S/C13H22N2O/c1-2-7-14-10-12-5-6-13(16-12)11-15-8-3-4-9-15/h5-6,14H,2-4,7-11H2,1H3. The minimum Gasteiger partial charge on any atom is -0.463 e. The summed E-state index contributed by atoms with van der Waals surface area (Å²) >= 11 is 0. The molecule has 0 atom stereocenters. The van der Waals surface area contributed by atoms with Gasteiger partial charge in [-0.3, -0.25) is 4.90 Å². The Labute approximate surface area is 97.8 Å². The Morgan fingerprint density at radius 3 is 2.75 bits per heavy atom. The van der Waals surface area contributed by atoms with Crippen molar-refractivity contribution in [3.63, 3.8) is 0 Å². The summed E-state index contributed by atoms with van der Waals surface area (Å²) < 4.78 is 5.79. The van der Waals surface area contributed by atoms with Crippen LogP contribution < -0.4 is 5.32 Å². The highest BCUT2D eigenvalue weighted by molar-refractivity contribution is 5.07. The van der Waals surface area contributed by atoms with Crippen molar-refractivity contribution in [2.24, 2.45) is 0 Å². The smallest absolute Gasteiger partial charge is 0.118 e. The number of rotatable bonds is 6. The second kappa shape index (κ2) is 6.06. The molecule has 1 fully saturated rings. The van der Waals surface area contributed by atoms with Crippen molar-refractivity contribution in [1.29, 1.82) is 0 Å². The van der Waals surface area contributed by atoms with Crippen LogP contribution in [0.15, 0.2) is 16.5 Å². The van der Waals surface area contributed by atoms with E-state index in [1.807, 2.05) is 0 Å². The average molecular weight is 222 g/mol. The van der Waals surface area contributed by atoms with E-state index in [0.29, 0.717) is 0 Å². The summed E-state index contributed by atoms with van der Waals surface area (Å²) in [4.78, 5) is 2.46. The lowest BCUT2D eigenvalue weighted by atomic mass is 10.4. The zero-order valence-corrected chi connectivity index (χ0v) is 10.2. The van der Waals surface area contributed by atoms with Gasteiger partial charge in [0.25, 0.3) is 0 Å². The topological polar surface area (TPSA) is 28.4 Å². The molecule has 0 radical (unpaired) electrons. The first-order valence-corrected chi connectivity index (χ1v) is 6.39. The number of likely N-dealkylation sites (tertiary alicyclic amines) is 1. The van der Waals surface area contributed by atoms with Crippen LogP contribution in [0.4, 0.5) is 0 Å².